The number of rotatable bonds is 5. The molecule has 29 heavy (non-hydrogen) atoms. The van der Waals surface area contributed by atoms with Gasteiger partial charge < -0.3 is 20.1 Å². The summed E-state index contributed by atoms with van der Waals surface area (Å²) in [5, 5.41) is 6.51. The highest BCUT2D eigenvalue weighted by atomic mass is 16.5. The second kappa shape index (κ2) is 8.48. The van der Waals surface area contributed by atoms with Gasteiger partial charge >= 0.3 is 6.03 Å². The molecule has 1 aliphatic rings. The molecule has 146 valence electrons. The third-order valence-corrected chi connectivity index (χ3v) is 4.50. The number of carbonyl (C=O) groups is 1. The molecule has 0 saturated carbocycles. The van der Waals surface area contributed by atoms with Gasteiger partial charge in [0.1, 0.15) is 17.2 Å². The number of allylic oxidation sites excluding steroid dienone is 3. The Morgan fingerprint density at radius 1 is 1.00 bits per heavy atom. The summed E-state index contributed by atoms with van der Waals surface area (Å²) in [6, 6.07) is 14.4. The summed E-state index contributed by atoms with van der Waals surface area (Å²) in [5.74, 6) is 2.08. The van der Waals surface area contributed by atoms with Gasteiger partial charge in [-0.15, -0.1) is 0 Å². The van der Waals surface area contributed by atoms with Gasteiger partial charge in [-0.3, -0.25) is 4.98 Å². The number of hydrogen-bond donors (Lipinski definition) is 2. The van der Waals surface area contributed by atoms with E-state index in [9.17, 15) is 4.79 Å². The molecule has 0 spiro atoms. The zero-order chi connectivity index (χ0) is 20.1. The SMILES string of the molecule is COc1ccc2nccc(Oc3ccc(NC(=O)NC4=CCCC=C4)cc3)c2c1. The summed E-state index contributed by atoms with van der Waals surface area (Å²) in [5.41, 5.74) is 2.31. The van der Waals surface area contributed by atoms with Crippen LogP contribution in [0.15, 0.2) is 78.7 Å². The third kappa shape index (κ3) is 4.55. The van der Waals surface area contributed by atoms with Gasteiger partial charge in [-0.05, 0) is 67.4 Å². The van der Waals surface area contributed by atoms with Crippen molar-refractivity contribution in [3.05, 3.63) is 78.7 Å². The highest BCUT2D eigenvalue weighted by Crippen LogP contribution is 2.31. The molecule has 6 nitrogen and oxygen atoms in total. The Balaban J connectivity index is 1.44. The first-order chi connectivity index (χ1) is 14.2. The van der Waals surface area contributed by atoms with E-state index in [-0.39, 0.29) is 6.03 Å². The maximum absolute atomic E-state index is 12.1. The molecule has 3 aromatic rings. The fourth-order valence-corrected chi connectivity index (χ4v) is 3.05. The molecule has 0 fully saturated rings. The number of nitrogens with zero attached hydrogens (tertiary/aromatic N) is 1. The zero-order valence-corrected chi connectivity index (χ0v) is 16.0. The maximum atomic E-state index is 12.1. The summed E-state index contributed by atoms with van der Waals surface area (Å²) in [6.45, 7) is 0. The smallest absolute Gasteiger partial charge is 0.323 e. The Morgan fingerprint density at radius 2 is 1.83 bits per heavy atom. The molecule has 1 aromatic heterocycles. The highest BCUT2D eigenvalue weighted by Gasteiger charge is 2.08. The summed E-state index contributed by atoms with van der Waals surface area (Å²) in [4.78, 5) is 16.5. The zero-order valence-electron chi connectivity index (χ0n) is 16.0. The number of methoxy groups -OCH3 is 1. The Hall–Kier alpha value is -3.80. The summed E-state index contributed by atoms with van der Waals surface area (Å²) in [7, 11) is 1.63. The van der Waals surface area contributed by atoms with E-state index >= 15 is 0 Å². The van der Waals surface area contributed by atoms with E-state index in [1.54, 1.807) is 25.4 Å². The van der Waals surface area contributed by atoms with Crippen LogP contribution in [0.5, 0.6) is 17.2 Å². The second-order valence-electron chi connectivity index (χ2n) is 6.54. The van der Waals surface area contributed by atoms with Crippen molar-refractivity contribution in [2.75, 3.05) is 12.4 Å². The van der Waals surface area contributed by atoms with Crippen molar-refractivity contribution in [3.8, 4) is 17.2 Å². The lowest BCUT2D eigenvalue weighted by Crippen LogP contribution is -2.27. The summed E-state index contributed by atoms with van der Waals surface area (Å²) < 4.78 is 11.3. The molecule has 1 heterocycles. The van der Waals surface area contributed by atoms with Crippen LogP contribution in [0.1, 0.15) is 12.8 Å². The number of fused-ring (bicyclic) bond motifs is 1. The molecule has 6 heteroatoms. The van der Waals surface area contributed by atoms with Crippen LogP contribution in [-0.2, 0) is 0 Å². The normalized spacial score (nSPS) is 12.9. The Bertz CT molecular complexity index is 1090. The summed E-state index contributed by atoms with van der Waals surface area (Å²) >= 11 is 0. The first-order valence-corrected chi connectivity index (χ1v) is 9.37. The van der Waals surface area contributed by atoms with Gasteiger partial charge in [0, 0.05) is 23.0 Å². The number of benzene rings is 2. The number of carbonyl (C=O) groups excluding carboxylic acids is 1. The minimum atomic E-state index is -0.274. The van der Waals surface area contributed by atoms with Crippen molar-refractivity contribution in [3.63, 3.8) is 0 Å². The molecule has 2 N–H and O–H groups in total. The quantitative estimate of drug-likeness (QED) is 0.616. The predicted molar refractivity (Wildman–Crippen MR) is 113 cm³/mol. The number of amides is 2. The Labute approximate surface area is 168 Å². The fourth-order valence-electron chi connectivity index (χ4n) is 3.05. The number of nitrogens with one attached hydrogen (secondary N) is 2. The molecule has 2 aromatic carbocycles. The Morgan fingerprint density at radius 3 is 2.59 bits per heavy atom. The lowest BCUT2D eigenvalue weighted by Gasteiger charge is -2.12. The number of aromatic nitrogens is 1. The molecule has 4 rings (SSSR count). The number of urea groups is 1. The van der Waals surface area contributed by atoms with E-state index in [1.807, 2.05) is 54.6 Å². The fraction of sp³-hybridized carbons (Fsp3) is 0.130. The summed E-state index contributed by atoms with van der Waals surface area (Å²) in [6.07, 6.45) is 9.61. The van der Waals surface area contributed by atoms with E-state index in [1.165, 1.54) is 0 Å². The van der Waals surface area contributed by atoms with Gasteiger partial charge in [0.25, 0.3) is 0 Å². The minimum Gasteiger partial charge on any atom is -0.497 e. The average Bonchev–Trinajstić information content (AvgIpc) is 2.75. The van der Waals surface area contributed by atoms with Crippen LogP contribution in [0.3, 0.4) is 0 Å². The van der Waals surface area contributed by atoms with Crippen LogP contribution in [0.25, 0.3) is 10.9 Å². The molecule has 0 atom stereocenters. The third-order valence-electron chi connectivity index (χ3n) is 4.50. The molecular formula is C23H21N3O3. The maximum Gasteiger partial charge on any atom is 0.323 e. The van der Waals surface area contributed by atoms with Crippen LogP contribution >= 0.6 is 0 Å². The van der Waals surface area contributed by atoms with Gasteiger partial charge in [0.2, 0.25) is 0 Å². The number of ether oxygens (including phenoxy) is 2. The molecular weight excluding hydrogens is 366 g/mol. The first-order valence-electron chi connectivity index (χ1n) is 9.37. The highest BCUT2D eigenvalue weighted by molar-refractivity contribution is 5.91. The largest absolute Gasteiger partial charge is 0.497 e. The number of pyridine rings is 1. The molecule has 1 aliphatic carbocycles. The Kier molecular flexibility index (Phi) is 5.42. The average molecular weight is 387 g/mol. The van der Waals surface area contributed by atoms with Crippen molar-refractivity contribution in [2.24, 2.45) is 0 Å². The van der Waals surface area contributed by atoms with E-state index < -0.39 is 0 Å². The van der Waals surface area contributed by atoms with Crippen LogP contribution in [0, 0.1) is 0 Å². The van der Waals surface area contributed by atoms with Gasteiger partial charge in [-0.1, -0.05) is 12.2 Å². The van der Waals surface area contributed by atoms with Gasteiger partial charge in [0.05, 0.1) is 12.6 Å². The van der Waals surface area contributed by atoms with Crippen molar-refractivity contribution in [1.82, 2.24) is 10.3 Å². The van der Waals surface area contributed by atoms with Crippen LogP contribution in [-0.4, -0.2) is 18.1 Å². The van der Waals surface area contributed by atoms with Crippen molar-refractivity contribution in [1.29, 1.82) is 0 Å². The van der Waals surface area contributed by atoms with E-state index in [0.717, 1.165) is 35.2 Å². The van der Waals surface area contributed by atoms with Crippen LogP contribution < -0.4 is 20.1 Å². The van der Waals surface area contributed by atoms with Crippen LogP contribution in [0.2, 0.25) is 0 Å². The lowest BCUT2D eigenvalue weighted by molar-refractivity contribution is 0.254. The minimum absolute atomic E-state index is 0.274. The molecule has 0 radical (unpaired) electrons. The van der Waals surface area contributed by atoms with Crippen LogP contribution in [0.4, 0.5) is 10.5 Å². The topological polar surface area (TPSA) is 72.5 Å². The van der Waals surface area contributed by atoms with Crippen molar-refractivity contribution in [2.45, 2.75) is 12.8 Å². The molecule has 0 saturated heterocycles. The van der Waals surface area contributed by atoms with Gasteiger partial charge in [-0.25, -0.2) is 4.79 Å². The molecule has 0 aliphatic heterocycles. The molecule has 2 amide bonds. The van der Waals surface area contributed by atoms with Crippen molar-refractivity contribution >= 4 is 22.6 Å². The number of hydrogen-bond acceptors (Lipinski definition) is 4. The predicted octanol–water partition coefficient (Wildman–Crippen LogP) is 5.39. The van der Waals surface area contributed by atoms with E-state index in [4.69, 9.17) is 9.47 Å². The monoisotopic (exact) mass is 387 g/mol. The van der Waals surface area contributed by atoms with E-state index in [0.29, 0.717) is 17.2 Å². The first kappa shape index (κ1) is 18.6. The van der Waals surface area contributed by atoms with E-state index in [2.05, 4.69) is 15.6 Å². The molecule has 0 bridgehead atoms. The molecule has 0 unspecified atom stereocenters. The van der Waals surface area contributed by atoms with Crippen molar-refractivity contribution < 1.29 is 14.3 Å². The van der Waals surface area contributed by atoms with Gasteiger partial charge in [0.15, 0.2) is 0 Å². The second-order valence-corrected chi connectivity index (χ2v) is 6.54. The van der Waals surface area contributed by atoms with Gasteiger partial charge in [-0.2, -0.15) is 0 Å². The lowest BCUT2D eigenvalue weighted by atomic mass is 10.1. The standard InChI is InChI=1S/C23H21N3O3/c1-28-19-11-12-21-20(15-19)22(13-14-24-21)29-18-9-7-17(8-10-18)26-23(27)25-16-5-3-2-4-6-16/h3,5-15H,2,4H2,1H3,(H2,25,26,27). The number of anilines is 1.